The third kappa shape index (κ3) is 1.78. The van der Waals surface area contributed by atoms with Crippen LogP contribution in [0, 0.1) is 0 Å². The molecule has 0 N–H and O–H groups in total. The van der Waals surface area contributed by atoms with Gasteiger partial charge in [0.05, 0.1) is 0 Å². The predicted octanol–water partition coefficient (Wildman–Crippen LogP) is 4.33. The molecule has 17 heavy (non-hydrogen) atoms. The van der Waals surface area contributed by atoms with Gasteiger partial charge in [0.25, 0.3) is 0 Å². The first-order chi connectivity index (χ1) is 8.35. The van der Waals surface area contributed by atoms with Crippen molar-refractivity contribution in [1.82, 2.24) is 0 Å². The van der Waals surface area contributed by atoms with E-state index in [0.717, 1.165) is 6.42 Å². The Kier molecular flexibility index (Phi) is 2.51. The minimum absolute atomic E-state index is 0.326. The Labute approximate surface area is 103 Å². The molecule has 1 fully saturated rings. The summed E-state index contributed by atoms with van der Waals surface area (Å²) in [5.74, 6) is 0. The van der Waals surface area contributed by atoms with Crippen LogP contribution in [0.15, 0.2) is 54.6 Å². The molecule has 0 unspecified atom stereocenters. The summed E-state index contributed by atoms with van der Waals surface area (Å²) in [7, 11) is 0. The van der Waals surface area contributed by atoms with Crippen molar-refractivity contribution in [3.05, 3.63) is 71.3 Å². The van der Waals surface area contributed by atoms with E-state index < -0.39 is 0 Å². The van der Waals surface area contributed by atoms with Crippen molar-refractivity contribution in [3.8, 4) is 0 Å². The van der Waals surface area contributed by atoms with Gasteiger partial charge in [-0.3, -0.25) is 0 Å². The van der Waals surface area contributed by atoms with E-state index in [-0.39, 0.29) is 0 Å². The molecule has 0 radical (unpaired) electrons. The maximum atomic E-state index is 2.39. The van der Waals surface area contributed by atoms with Crippen molar-refractivity contribution < 1.29 is 0 Å². The summed E-state index contributed by atoms with van der Waals surface area (Å²) in [6, 6.07) is 20.1. The van der Waals surface area contributed by atoms with E-state index in [1.807, 2.05) is 0 Å². The largest absolute Gasteiger partial charge is 0.0622 e. The minimum atomic E-state index is 0.326. The van der Waals surface area contributed by atoms with Crippen molar-refractivity contribution >= 4 is 0 Å². The zero-order chi connectivity index (χ0) is 11.7. The maximum Gasteiger partial charge on any atom is 0.0203 e. The van der Waals surface area contributed by atoms with Crippen LogP contribution in [0.4, 0.5) is 0 Å². The Morgan fingerprint density at radius 3 is 2.24 bits per heavy atom. The fourth-order valence-corrected chi connectivity index (χ4v) is 2.72. The second kappa shape index (κ2) is 4.03. The SMILES string of the molecule is CCc1cccc(C2(c3ccccc3)CC2)c1. The molecule has 2 aromatic carbocycles. The topological polar surface area (TPSA) is 0 Å². The first-order valence-electron chi connectivity index (χ1n) is 6.50. The Balaban J connectivity index is 2.03. The van der Waals surface area contributed by atoms with Crippen LogP contribution in [0.5, 0.6) is 0 Å². The summed E-state index contributed by atoms with van der Waals surface area (Å²) in [5, 5.41) is 0. The van der Waals surface area contributed by atoms with Crippen molar-refractivity contribution in [2.75, 3.05) is 0 Å². The van der Waals surface area contributed by atoms with E-state index in [4.69, 9.17) is 0 Å². The molecule has 2 aromatic rings. The summed E-state index contributed by atoms with van der Waals surface area (Å²) >= 11 is 0. The normalized spacial score (nSPS) is 16.8. The van der Waals surface area contributed by atoms with Gasteiger partial charge in [0.1, 0.15) is 0 Å². The highest BCUT2D eigenvalue weighted by Gasteiger charge is 2.45. The maximum absolute atomic E-state index is 2.39. The molecular formula is C17H18. The Morgan fingerprint density at radius 2 is 1.59 bits per heavy atom. The smallest absolute Gasteiger partial charge is 0.0203 e. The van der Waals surface area contributed by atoms with Crippen molar-refractivity contribution in [2.45, 2.75) is 31.6 Å². The molecule has 1 aliphatic rings. The van der Waals surface area contributed by atoms with E-state index in [1.54, 1.807) is 0 Å². The summed E-state index contributed by atoms with van der Waals surface area (Å²) in [4.78, 5) is 0. The van der Waals surface area contributed by atoms with Crippen LogP contribution in [-0.2, 0) is 11.8 Å². The monoisotopic (exact) mass is 222 g/mol. The Hall–Kier alpha value is -1.56. The summed E-state index contributed by atoms with van der Waals surface area (Å²) in [5.41, 5.74) is 4.76. The van der Waals surface area contributed by atoms with Crippen LogP contribution in [0.1, 0.15) is 36.5 Å². The first kappa shape index (κ1) is 10.6. The van der Waals surface area contributed by atoms with Gasteiger partial charge in [-0.05, 0) is 36.0 Å². The molecular weight excluding hydrogens is 204 g/mol. The van der Waals surface area contributed by atoms with E-state index in [0.29, 0.717) is 5.41 Å². The van der Waals surface area contributed by atoms with E-state index in [9.17, 15) is 0 Å². The van der Waals surface area contributed by atoms with Crippen LogP contribution in [0.25, 0.3) is 0 Å². The second-order valence-electron chi connectivity index (χ2n) is 5.00. The number of rotatable bonds is 3. The summed E-state index contributed by atoms with van der Waals surface area (Å²) < 4.78 is 0. The molecule has 86 valence electrons. The van der Waals surface area contributed by atoms with Gasteiger partial charge in [0.15, 0.2) is 0 Å². The summed E-state index contributed by atoms with van der Waals surface area (Å²) in [6.07, 6.45) is 3.72. The van der Waals surface area contributed by atoms with Crippen LogP contribution in [0.2, 0.25) is 0 Å². The lowest BCUT2D eigenvalue weighted by atomic mass is 9.87. The van der Waals surface area contributed by atoms with Crippen molar-refractivity contribution in [1.29, 1.82) is 0 Å². The molecule has 0 saturated heterocycles. The number of hydrogen-bond donors (Lipinski definition) is 0. The molecule has 0 amide bonds. The van der Waals surface area contributed by atoms with Crippen molar-refractivity contribution in [2.24, 2.45) is 0 Å². The molecule has 1 saturated carbocycles. The Bertz CT molecular complexity index is 507. The highest BCUT2D eigenvalue weighted by Crippen LogP contribution is 2.53. The van der Waals surface area contributed by atoms with Gasteiger partial charge in [0.2, 0.25) is 0 Å². The molecule has 0 spiro atoms. The third-order valence-electron chi connectivity index (χ3n) is 3.96. The van der Waals surface area contributed by atoms with Crippen LogP contribution in [0.3, 0.4) is 0 Å². The average Bonchev–Trinajstić information content (AvgIpc) is 3.21. The second-order valence-corrected chi connectivity index (χ2v) is 5.00. The van der Waals surface area contributed by atoms with Gasteiger partial charge in [0, 0.05) is 5.41 Å². The fraction of sp³-hybridized carbons (Fsp3) is 0.294. The highest BCUT2D eigenvalue weighted by atomic mass is 14.5. The fourth-order valence-electron chi connectivity index (χ4n) is 2.72. The molecule has 0 aromatic heterocycles. The van der Waals surface area contributed by atoms with E-state index in [2.05, 4.69) is 61.5 Å². The lowest BCUT2D eigenvalue weighted by molar-refractivity contribution is 0.843. The van der Waals surface area contributed by atoms with Gasteiger partial charge in [-0.2, -0.15) is 0 Å². The quantitative estimate of drug-likeness (QED) is 0.725. The van der Waals surface area contributed by atoms with E-state index in [1.165, 1.54) is 29.5 Å². The van der Waals surface area contributed by atoms with Crippen LogP contribution >= 0.6 is 0 Å². The molecule has 3 rings (SSSR count). The van der Waals surface area contributed by atoms with Crippen molar-refractivity contribution in [3.63, 3.8) is 0 Å². The molecule has 0 atom stereocenters. The third-order valence-corrected chi connectivity index (χ3v) is 3.96. The summed E-state index contributed by atoms with van der Waals surface area (Å²) in [6.45, 7) is 2.22. The zero-order valence-electron chi connectivity index (χ0n) is 10.3. The van der Waals surface area contributed by atoms with Gasteiger partial charge in [-0.25, -0.2) is 0 Å². The van der Waals surface area contributed by atoms with Gasteiger partial charge in [-0.1, -0.05) is 61.5 Å². The van der Waals surface area contributed by atoms with Gasteiger partial charge < -0.3 is 0 Å². The minimum Gasteiger partial charge on any atom is -0.0622 e. The number of benzene rings is 2. The van der Waals surface area contributed by atoms with Crippen LogP contribution < -0.4 is 0 Å². The molecule has 0 bridgehead atoms. The van der Waals surface area contributed by atoms with E-state index >= 15 is 0 Å². The Morgan fingerprint density at radius 1 is 0.882 bits per heavy atom. The predicted molar refractivity (Wildman–Crippen MR) is 72.3 cm³/mol. The molecule has 0 heterocycles. The lowest BCUT2D eigenvalue weighted by Gasteiger charge is -2.17. The molecule has 0 heteroatoms. The molecule has 0 aliphatic heterocycles. The molecule has 1 aliphatic carbocycles. The standard InChI is InChI=1S/C17H18/c1-2-14-7-6-10-16(13-14)17(11-12-17)15-8-4-3-5-9-15/h3-10,13H,2,11-12H2,1H3. The first-order valence-corrected chi connectivity index (χ1v) is 6.50. The molecule has 0 nitrogen and oxygen atoms in total. The number of aryl methyl sites for hydroxylation is 1. The average molecular weight is 222 g/mol. The number of hydrogen-bond acceptors (Lipinski definition) is 0. The van der Waals surface area contributed by atoms with Gasteiger partial charge >= 0.3 is 0 Å². The van der Waals surface area contributed by atoms with Crippen LogP contribution in [-0.4, -0.2) is 0 Å². The zero-order valence-corrected chi connectivity index (χ0v) is 10.3. The van der Waals surface area contributed by atoms with Gasteiger partial charge in [-0.15, -0.1) is 0 Å². The highest BCUT2D eigenvalue weighted by molar-refractivity contribution is 5.45. The lowest BCUT2D eigenvalue weighted by Crippen LogP contribution is -2.08.